The number of carbonyl (C=O) groups is 1. The maximum Gasteiger partial charge on any atom is 0.167 e. The summed E-state index contributed by atoms with van der Waals surface area (Å²) in [6.07, 6.45) is 2.54. The molecular formula is C19H21ClFNO. The highest BCUT2D eigenvalue weighted by Gasteiger charge is 2.27. The predicted molar refractivity (Wildman–Crippen MR) is 92.8 cm³/mol. The van der Waals surface area contributed by atoms with Gasteiger partial charge < -0.3 is 5.32 Å². The number of hydrogen-bond acceptors (Lipinski definition) is 2. The van der Waals surface area contributed by atoms with Gasteiger partial charge >= 0.3 is 0 Å². The number of benzene rings is 2. The van der Waals surface area contributed by atoms with E-state index in [0.717, 1.165) is 31.4 Å². The monoisotopic (exact) mass is 333 g/mol. The molecule has 0 radical (unpaired) electrons. The molecule has 1 atom stereocenters. The minimum Gasteiger partial charge on any atom is -0.316 e. The van der Waals surface area contributed by atoms with Crippen molar-refractivity contribution in [3.05, 3.63) is 71.0 Å². The van der Waals surface area contributed by atoms with Crippen molar-refractivity contribution in [2.45, 2.75) is 19.3 Å². The quantitative estimate of drug-likeness (QED) is 0.843. The molecule has 4 heteroatoms. The zero-order chi connectivity index (χ0) is 15.4. The lowest BCUT2D eigenvalue weighted by Gasteiger charge is -2.23. The van der Waals surface area contributed by atoms with Crippen LogP contribution < -0.4 is 5.32 Å². The molecule has 1 aliphatic carbocycles. The van der Waals surface area contributed by atoms with Gasteiger partial charge in [-0.3, -0.25) is 4.79 Å². The van der Waals surface area contributed by atoms with Crippen molar-refractivity contribution in [2.24, 2.45) is 5.92 Å². The van der Waals surface area contributed by atoms with Gasteiger partial charge in [-0.05, 0) is 55.1 Å². The lowest BCUT2D eigenvalue weighted by atomic mass is 9.82. The van der Waals surface area contributed by atoms with E-state index >= 15 is 0 Å². The summed E-state index contributed by atoms with van der Waals surface area (Å²) in [5.74, 6) is -0.104. The molecule has 0 spiro atoms. The van der Waals surface area contributed by atoms with Gasteiger partial charge in [0.1, 0.15) is 5.82 Å². The van der Waals surface area contributed by atoms with Crippen molar-refractivity contribution >= 4 is 18.2 Å². The Labute approximate surface area is 142 Å². The maximum absolute atomic E-state index is 13.2. The van der Waals surface area contributed by atoms with E-state index in [9.17, 15) is 9.18 Å². The fraction of sp³-hybridized carbons (Fsp3) is 0.316. The molecule has 0 bridgehead atoms. The minimum absolute atomic E-state index is 0. The second-order valence-corrected chi connectivity index (χ2v) is 5.84. The van der Waals surface area contributed by atoms with Crippen molar-refractivity contribution in [2.75, 3.05) is 13.1 Å². The molecule has 0 heterocycles. The lowest BCUT2D eigenvalue weighted by molar-refractivity contribution is 0.0901. The summed E-state index contributed by atoms with van der Waals surface area (Å²) in [6, 6.07) is 14.8. The van der Waals surface area contributed by atoms with Crippen molar-refractivity contribution in [1.29, 1.82) is 0 Å². The third-order valence-corrected chi connectivity index (χ3v) is 4.29. The highest BCUT2D eigenvalue weighted by atomic mass is 35.5. The Balaban J connectivity index is 0.00000192. The Bertz CT molecular complexity index is 660. The molecule has 3 rings (SSSR count). The van der Waals surface area contributed by atoms with Crippen molar-refractivity contribution in [1.82, 2.24) is 5.32 Å². The Hall–Kier alpha value is -1.71. The number of hydrogen-bond donors (Lipinski definition) is 1. The van der Waals surface area contributed by atoms with Gasteiger partial charge in [-0.2, -0.15) is 0 Å². The van der Waals surface area contributed by atoms with Gasteiger partial charge in [0.25, 0.3) is 0 Å². The van der Waals surface area contributed by atoms with Crippen LogP contribution in [0.5, 0.6) is 0 Å². The lowest BCUT2D eigenvalue weighted by Crippen LogP contribution is -2.33. The third-order valence-electron chi connectivity index (χ3n) is 4.29. The fourth-order valence-electron chi connectivity index (χ4n) is 3.04. The fourth-order valence-corrected chi connectivity index (χ4v) is 3.04. The third kappa shape index (κ3) is 4.40. The van der Waals surface area contributed by atoms with Crippen molar-refractivity contribution < 1.29 is 9.18 Å². The first kappa shape index (κ1) is 17.6. The number of nitrogens with one attached hydrogen (secondary N) is 1. The molecule has 0 amide bonds. The number of aryl methyl sites for hydroxylation is 1. The van der Waals surface area contributed by atoms with E-state index in [2.05, 4.69) is 17.4 Å². The van der Waals surface area contributed by atoms with Crippen LogP contribution in [0.3, 0.4) is 0 Å². The molecule has 122 valence electrons. The summed E-state index contributed by atoms with van der Waals surface area (Å²) in [5, 5.41) is 3.38. The molecule has 0 aromatic heterocycles. The van der Waals surface area contributed by atoms with Crippen LogP contribution in [0, 0.1) is 11.7 Å². The summed E-state index contributed by atoms with van der Waals surface area (Å²) >= 11 is 0. The Morgan fingerprint density at radius 3 is 2.70 bits per heavy atom. The van der Waals surface area contributed by atoms with E-state index in [0.29, 0.717) is 12.1 Å². The van der Waals surface area contributed by atoms with Gasteiger partial charge in [-0.1, -0.05) is 30.3 Å². The number of rotatable bonds is 5. The standard InChI is InChI=1S/C19H20FNO.ClH/c20-17-8-9-18-15(12-17)6-7-16(19(18)22)13-21-11-10-14-4-2-1-3-5-14;/h1-5,8-9,12,16,21H,6-7,10-11,13H2;1H. The minimum atomic E-state index is -0.258. The molecular weight excluding hydrogens is 313 g/mol. The van der Waals surface area contributed by atoms with Gasteiger partial charge in [0.2, 0.25) is 0 Å². The molecule has 2 aromatic rings. The average Bonchev–Trinajstić information content (AvgIpc) is 2.54. The molecule has 0 fully saturated rings. The van der Waals surface area contributed by atoms with E-state index in [1.807, 2.05) is 18.2 Å². The number of Topliss-reactive ketones (excluding diaryl/α,β-unsaturated/α-hetero) is 1. The highest BCUT2D eigenvalue weighted by Crippen LogP contribution is 2.25. The molecule has 1 aliphatic rings. The molecule has 1 unspecified atom stereocenters. The van der Waals surface area contributed by atoms with E-state index in [4.69, 9.17) is 0 Å². The molecule has 0 saturated heterocycles. The summed E-state index contributed by atoms with van der Waals surface area (Å²) in [5.41, 5.74) is 2.85. The van der Waals surface area contributed by atoms with Crippen LogP contribution in [-0.2, 0) is 12.8 Å². The molecule has 0 saturated carbocycles. The molecule has 2 aromatic carbocycles. The summed E-state index contributed by atoms with van der Waals surface area (Å²) in [7, 11) is 0. The average molecular weight is 334 g/mol. The Morgan fingerprint density at radius 1 is 1.13 bits per heavy atom. The first-order valence-electron chi connectivity index (χ1n) is 7.81. The summed E-state index contributed by atoms with van der Waals surface area (Å²) < 4.78 is 13.2. The number of halogens is 2. The van der Waals surface area contributed by atoms with Gasteiger partial charge in [0, 0.05) is 18.0 Å². The smallest absolute Gasteiger partial charge is 0.167 e. The Morgan fingerprint density at radius 2 is 1.91 bits per heavy atom. The van der Waals surface area contributed by atoms with Crippen LogP contribution in [0.4, 0.5) is 4.39 Å². The largest absolute Gasteiger partial charge is 0.316 e. The van der Waals surface area contributed by atoms with Gasteiger partial charge in [-0.25, -0.2) is 4.39 Å². The zero-order valence-corrected chi connectivity index (χ0v) is 13.7. The van der Waals surface area contributed by atoms with Crippen LogP contribution in [-0.4, -0.2) is 18.9 Å². The van der Waals surface area contributed by atoms with Gasteiger partial charge in [0.15, 0.2) is 5.78 Å². The van der Waals surface area contributed by atoms with Crippen LogP contribution in [0.1, 0.15) is 27.9 Å². The Kier molecular flexibility index (Phi) is 6.31. The summed E-state index contributed by atoms with van der Waals surface area (Å²) in [6.45, 7) is 1.56. The van der Waals surface area contributed by atoms with Crippen LogP contribution in [0.2, 0.25) is 0 Å². The van der Waals surface area contributed by atoms with E-state index in [-0.39, 0.29) is 29.9 Å². The van der Waals surface area contributed by atoms with Gasteiger partial charge in [-0.15, -0.1) is 12.4 Å². The molecule has 1 N–H and O–H groups in total. The first-order valence-corrected chi connectivity index (χ1v) is 7.81. The highest BCUT2D eigenvalue weighted by molar-refractivity contribution is 6.00. The number of carbonyl (C=O) groups excluding carboxylic acids is 1. The van der Waals surface area contributed by atoms with Gasteiger partial charge in [0.05, 0.1) is 0 Å². The van der Waals surface area contributed by atoms with Crippen LogP contribution >= 0.6 is 12.4 Å². The number of ketones is 1. The topological polar surface area (TPSA) is 29.1 Å². The van der Waals surface area contributed by atoms with Crippen molar-refractivity contribution in [3.8, 4) is 0 Å². The maximum atomic E-state index is 13.2. The molecule has 2 nitrogen and oxygen atoms in total. The summed E-state index contributed by atoms with van der Waals surface area (Å²) in [4.78, 5) is 12.4. The molecule has 23 heavy (non-hydrogen) atoms. The second kappa shape index (κ2) is 8.23. The van der Waals surface area contributed by atoms with Crippen LogP contribution in [0.25, 0.3) is 0 Å². The van der Waals surface area contributed by atoms with Crippen molar-refractivity contribution in [3.63, 3.8) is 0 Å². The van der Waals surface area contributed by atoms with E-state index in [1.54, 1.807) is 6.07 Å². The SMILES string of the molecule is Cl.O=C1c2ccc(F)cc2CCC1CNCCc1ccccc1. The van der Waals surface area contributed by atoms with Crippen LogP contribution in [0.15, 0.2) is 48.5 Å². The van der Waals surface area contributed by atoms with E-state index < -0.39 is 0 Å². The number of fused-ring (bicyclic) bond motifs is 1. The zero-order valence-electron chi connectivity index (χ0n) is 12.9. The van der Waals surface area contributed by atoms with E-state index in [1.165, 1.54) is 17.7 Å². The molecule has 0 aliphatic heterocycles. The first-order chi connectivity index (χ1) is 10.7. The normalized spacial score (nSPS) is 16.6. The second-order valence-electron chi connectivity index (χ2n) is 5.84. The predicted octanol–water partition coefficient (Wildman–Crippen LogP) is 3.82.